The number of amides is 1. The van der Waals surface area contributed by atoms with Gasteiger partial charge in [0.1, 0.15) is 5.75 Å². The van der Waals surface area contributed by atoms with Gasteiger partial charge in [0.15, 0.2) is 5.75 Å². The van der Waals surface area contributed by atoms with Crippen LogP contribution in [0.1, 0.15) is 15.9 Å². The molecule has 1 heterocycles. The Balaban J connectivity index is 2.48. The van der Waals surface area contributed by atoms with Crippen LogP contribution in [0, 0.1) is 0 Å². The molecule has 21 heavy (non-hydrogen) atoms. The summed E-state index contributed by atoms with van der Waals surface area (Å²) in [6.07, 6.45) is -2.13. The van der Waals surface area contributed by atoms with E-state index in [9.17, 15) is 18.0 Å². The van der Waals surface area contributed by atoms with Gasteiger partial charge in [-0.15, -0.1) is 0 Å². The lowest BCUT2D eigenvalue weighted by atomic mass is 10.1. The zero-order chi connectivity index (χ0) is 15.6. The van der Waals surface area contributed by atoms with Crippen molar-refractivity contribution in [1.29, 1.82) is 0 Å². The number of primary amides is 1. The van der Waals surface area contributed by atoms with Crippen LogP contribution >= 0.6 is 0 Å². The van der Waals surface area contributed by atoms with Gasteiger partial charge in [-0.25, -0.2) is 0 Å². The van der Waals surface area contributed by atoms with Crippen LogP contribution in [0.2, 0.25) is 0 Å². The Morgan fingerprint density at radius 2 is 1.90 bits per heavy atom. The highest BCUT2D eigenvalue weighted by molar-refractivity contribution is 5.93. The lowest BCUT2D eigenvalue weighted by Gasteiger charge is -2.15. The van der Waals surface area contributed by atoms with Crippen molar-refractivity contribution < 1.29 is 22.7 Å². The fourth-order valence-electron chi connectivity index (χ4n) is 1.60. The number of ether oxygens (including phenoxy) is 1. The first-order valence-electron chi connectivity index (χ1n) is 5.67. The second kappa shape index (κ2) is 5.31. The SMILES string of the molecule is NC(=O)c1ccc(Oc2ccncc2N)c(C(F)(F)F)c1. The quantitative estimate of drug-likeness (QED) is 0.910. The molecule has 5 nitrogen and oxygen atoms in total. The van der Waals surface area contributed by atoms with Crippen molar-refractivity contribution >= 4 is 11.6 Å². The Morgan fingerprint density at radius 3 is 2.48 bits per heavy atom. The molecular formula is C13H10F3N3O2. The Bertz CT molecular complexity index is 687. The molecule has 0 aliphatic heterocycles. The first-order valence-corrected chi connectivity index (χ1v) is 5.67. The maximum atomic E-state index is 13.0. The number of carbonyl (C=O) groups excluding carboxylic acids is 1. The molecule has 0 bridgehead atoms. The largest absolute Gasteiger partial charge is 0.454 e. The summed E-state index contributed by atoms with van der Waals surface area (Å²) in [5.74, 6) is -1.41. The van der Waals surface area contributed by atoms with E-state index in [-0.39, 0.29) is 17.0 Å². The van der Waals surface area contributed by atoms with Crippen molar-refractivity contribution in [3.05, 3.63) is 47.8 Å². The molecule has 0 saturated heterocycles. The van der Waals surface area contributed by atoms with Gasteiger partial charge in [0.25, 0.3) is 0 Å². The number of alkyl halides is 3. The van der Waals surface area contributed by atoms with Crippen molar-refractivity contribution in [2.45, 2.75) is 6.18 Å². The summed E-state index contributed by atoms with van der Waals surface area (Å²) in [6, 6.07) is 4.12. The summed E-state index contributed by atoms with van der Waals surface area (Å²) in [5, 5.41) is 0. The molecule has 4 N–H and O–H groups in total. The van der Waals surface area contributed by atoms with Gasteiger partial charge in [0.05, 0.1) is 17.4 Å². The van der Waals surface area contributed by atoms with Crippen LogP contribution in [-0.4, -0.2) is 10.9 Å². The zero-order valence-electron chi connectivity index (χ0n) is 10.5. The Kier molecular flexibility index (Phi) is 3.70. The standard InChI is InChI=1S/C13H10F3N3O2/c14-13(15,16)8-5-7(12(18)20)1-2-10(8)21-11-3-4-19-6-9(11)17/h1-6H,17H2,(H2,18,20). The number of nitrogen functional groups attached to an aromatic ring is 1. The summed E-state index contributed by atoms with van der Waals surface area (Å²) < 4.78 is 44.2. The van der Waals surface area contributed by atoms with E-state index >= 15 is 0 Å². The average molecular weight is 297 g/mol. The zero-order valence-corrected chi connectivity index (χ0v) is 10.5. The molecule has 1 amide bonds. The second-order valence-corrected chi connectivity index (χ2v) is 4.09. The van der Waals surface area contributed by atoms with E-state index in [2.05, 4.69) is 4.98 Å². The van der Waals surface area contributed by atoms with E-state index in [4.69, 9.17) is 16.2 Å². The third-order valence-electron chi connectivity index (χ3n) is 2.60. The van der Waals surface area contributed by atoms with Gasteiger partial charge < -0.3 is 16.2 Å². The molecule has 2 rings (SSSR count). The fraction of sp³-hybridized carbons (Fsp3) is 0.0769. The highest BCUT2D eigenvalue weighted by Gasteiger charge is 2.35. The topological polar surface area (TPSA) is 91.2 Å². The predicted molar refractivity (Wildman–Crippen MR) is 68.7 cm³/mol. The van der Waals surface area contributed by atoms with Crippen LogP contribution in [0.25, 0.3) is 0 Å². The molecule has 2 aromatic rings. The normalized spacial score (nSPS) is 11.2. The van der Waals surface area contributed by atoms with Crippen molar-refractivity contribution in [2.75, 3.05) is 5.73 Å². The first-order chi connectivity index (χ1) is 9.79. The summed E-state index contributed by atoms with van der Waals surface area (Å²) in [4.78, 5) is 14.7. The number of nitrogens with two attached hydrogens (primary N) is 2. The molecule has 0 unspecified atom stereocenters. The van der Waals surface area contributed by atoms with Crippen LogP contribution in [0.5, 0.6) is 11.5 Å². The molecule has 110 valence electrons. The van der Waals surface area contributed by atoms with E-state index in [1.807, 2.05) is 0 Å². The monoisotopic (exact) mass is 297 g/mol. The molecule has 0 aliphatic rings. The summed E-state index contributed by atoms with van der Waals surface area (Å²) in [7, 11) is 0. The van der Waals surface area contributed by atoms with Gasteiger partial charge in [-0.05, 0) is 18.2 Å². The van der Waals surface area contributed by atoms with Crippen LogP contribution < -0.4 is 16.2 Å². The molecule has 0 atom stereocenters. The molecular weight excluding hydrogens is 287 g/mol. The van der Waals surface area contributed by atoms with Crippen molar-refractivity contribution in [2.24, 2.45) is 5.73 Å². The van der Waals surface area contributed by atoms with E-state index < -0.39 is 23.4 Å². The van der Waals surface area contributed by atoms with Gasteiger partial charge in [-0.1, -0.05) is 0 Å². The lowest BCUT2D eigenvalue weighted by molar-refractivity contribution is -0.138. The maximum absolute atomic E-state index is 13.0. The number of aromatic nitrogens is 1. The maximum Gasteiger partial charge on any atom is 0.420 e. The third-order valence-corrected chi connectivity index (χ3v) is 2.60. The minimum Gasteiger partial charge on any atom is -0.454 e. The summed E-state index contributed by atoms with van der Waals surface area (Å²) >= 11 is 0. The number of hydrogen-bond donors (Lipinski definition) is 2. The number of carbonyl (C=O) groups is 1. The minimum atomic E-state index is -4.71. The van der Waals surface area contributed by atoms with Crippen LogP contribution in [-0.2, 0) is 6.18 Å². The van der Waals surface area contributed by atoms with E-state index in [0.717, 1.165) is 12.1 Å². The number of hydrogen-bond acceptors (Lipinski definition) is 4. The lowest BCUT2D eigenvalue weighted by Crippen LogP contribution is -2.14. The molecule has 8 heteroatoms. The number of pyridine rings is 1. The molecule has 0 fully saturated rings. The van der Waals surface area contributed by atoms with E-state index in [1.165, 1.54) is 18.5 Å². The molecule has 1 aromatic heterocycles. The number of benzene rings is 1. The number of halogens is 3. The number of rotatable bonds is 3. The molecule has 0 aliphatic carbocycles. The van der Waals surface area contributed by atoms with Crippen molar-refractivity contribution in [1.82, 2.24) is 4.98 Å². The summed E-state index contributed by atoms with van der Waals surface area (Å²) in [6.45, 7) is 0. The first kappa shape index (κ1) is 14.6. The second-order valence-electron chi connectivity index (χ2n) is 4.09. The molecule has 0 saturated carbocycles. The van der Waals surface area contributed by atoms with Gasteiger partial charge in [0, 0.05) is 17.8 Å². The minimum absolute atomic E-state index is 0.0299. The third kappa shape index (κ3) is 3.22. The van der Waals surface area contributed by atoms with Crippen LogP contribution in [0.15, 0.2) is 36.7 Å². The Hall–Kier alpha value is -2.77. The number of anilines is 1. The molecule has 1 aromatic carbocycles. The predicted octanol–water partition coefficient (Wildman–Crippen LogP) is 2.57. The van der Waals surface area contributed by atoms with E-state index in [1.54, 1.807) is 0 Å². The Labute approximate surface area is 117 Å². The number of nitrogens with zero attached hydrogens (tertiary/aromatic N) is 1. The molecule has 0 radical (unpaired) electrons. The average Bonchev–Trinajstić information content (AvgIpc) is 2.40. The van der Waals surface area contributed by atoms with Gasteiger partial charge in [0.2, 0.25) is 5.91 Å². The highest BCUT2D eigenvalue weighted by atomic mass is 19.4. The fourth-order valence-corrected chi connectivity index (χ4v) is 1.60. The summed E-state index contributed by atoms with van der Waals surface area (Å²) in [5.41, 5.74) is 9.25. The van der Waals surface area contributed by atoms with Gasteiger partial charge >= 0.3 is 6.18 Å². The van der Waals surface area contributed by atoms with Gasteiger partial charge in [-0.2, -0.15) is 13.2 Å². The smallest absolute Gasteiger partial charge is 0.420 e. The van der Waals surface area contributed by atoms with Crippen LogP contribution in [0.4, 0.5) is 18.9 Å². The van der Waals surface area contributed by atoms with Crippen molar-refractivity contribution in [3.8, 4) is 11.5 Å². The Morgan fingerprint density at radius 1 is 1.19 bits per heavy atom. The van der Waals surface area contributed by atoms with Gasteiger partial charge in [-0.3, -0.25) is 9.78 Å². The van der Waals surface area contributed by atoms with Crippen LogP contribution in [0.3, 0.4) is 0 Å². The van der Waals surface area contributed by atoms with E-state index in [0.29, 0.717) is 6.07 Å². The highest BCUT2D eigenvalue weighted by Crippen LogP contribution is 2.39. The van der Waals surface area contributed by atoms with Crippen molar-refractivity contribution in [3.63, 3.8) is 0 Å². The molecule has 0 spiro atoms.